The zero-order valence-corrected chi connectivity index (χ0v) is 18.8. The SMILES string of the molecule is COc1ccc(NC(=O)ON2CCN(c3nc(N)nc4scc(C5=NCCO5)c34)CC2)cc1. The van der Waals surface area contributed by atoms with Gasteiger partial charge in [0.05, 0.1) is 37.7 Å². The van der Waals surface area contributed by atoms with Crippen molar-refractivity contribution in [3.05, 3.63) is 35.2 Å². The van der Waals surface area contributed by atoms with Crippen LogP contribution in [0, 0.1) is 0 Å². The molecular formula is C21H23N7O4S. The van der Waals surface area contributed by atoms with Crippen LogP contribution in [0.4, 0.5) is 22.2 Å². The number of nitrogens with zero attached hydrogens (tertiary/aromatic N) is 5. The fraction of sp³-hybridized carbons (Fsp3) is 0.333. The second-order valence-corrected chi connectivity index (χ2v) is 8.28. The molecule has 1 fully saturated rings. The van der Waals surface area contributed by atoms with Crippen LogP contribution in [0.2, 0.25) is 0 Å². The summed E-state index contributed by atoms with van der Waals surface area (Å²) in [7, 11) is 1.59. The van der Waals surface area contributed by atoms with Crippen LogP contribution in [0.15, 0.2) is 34.6 Å². The maximum atomic E-state index is 12.3. The van der Waals surface area contributed by atoms with Crippen LogP contribution >= 0.6 is 11.3 Å². The van der Waals surface area contributed by atoms with Crippen molar-refractivity contribution in [2.75, 3.05) is 62.4 Å². The quantitative estimate of drug-likeness (QED) is 0.579. The van der Waals surface area contributed by atoms with Crippen molar-refractivity contribution in [1.29, 1.82) is 0 Å². The molecule has 0 spiro atoms. The number of methoxy groups -OCH3 is 1. The average molecular weight is 470 g/mol. The zero-order valence-electron chi connectivity index (χ0n) is 18.0. The molecule has 5 rings (SSSR count). The number of nitrogens with one attached hydrogen (secondary N) is 1. The van der Waals surface area contributed by atoms with Gasteiger partial charge in [0.15, 0.2) is 0 Å². The van der Waals surface area contributed by atoms with E-state index in [1.165, 1.54) is 11.3 Å². The number of piperazine rings is 1. The lowest BCUT2D eigenvalue weighted by Gasteiger charge is -2.34. The number of thiophene rings is 1. The standard InChI is InChI=1S/C21H23N7O4S/c1-30-14-4-2-13(3-5-14)24-21(29)32-28-9-7-27(8-10-28)17-16-15(18-23-6-11-31-18)12-33-19(16)26-20(22)25-17/h2-5,12H,6-11H2,1H3,(H,24,29)(H2,22,25,26). The van der Waals surface area contributed by atoms with Crippen LogP contribution in [0.3, 0.4) is 0 Å². The Kier molecular flexibility index (Phi) is 5.84. The van der Waals surface area contributed by atoms with Crippen LogP contribution in [0.5, 0.6) is 5.75 Å². The number of amides is 1. The van der Waals surface area contributed by atoms with Gasteiger partial charge in [0.25, 0.3) is 0 Å². The number of benzene rings is 1. The number of rotatable bonds is 5. The molecule has 1 aromatic carbocycles. The van der Waals surface area contributed by atoms with Crippen molar-refractivity contribution >= 4 is 51.0 Å². The Balaban J connectivity index is 1.25. The third-order valence-electron chi connectivity index (χ3n) is 5.33. The van der Waals surface area contributed by atoms with Gasteiger partial charge in [0.2, 0.25) is 11.8 Å². The lowest BCUT2D eigenvalue weighted by Crippen LogP contribution is -2.47. The van der Waals surface area contributed by atoms with E-state index >= 15 is 0 Å². The van der Waals surface area contributed by atoms with Crippen LogP contribution in [0.25, 0.3) is 10.2 Å². The molecule has 1 amide bonds. The van der Waals surface area contributed by atoms with Crippen LogP contribution in [-0.2, 0) is 9.57 Å². The van der Waals surface area contributed by atoms with Gasteiger partial charge in [-0.3, -0.25) is 5.32 Å². The molecule has 0 atom stereocenters. The molecule has 12 heteroatoms. The summed E-state index contributed by atoms with van der Waals surface area (Å²) in [5.41, 5.74) is 7.49. The number of carbonyl (C=O) groups excluding carboxylic acids is 1. The van der Waals surface area contributed by atoms with E-state index in [0.29, 0.717) is 56.7 Å². The molecule has 0 aliphatic carbocycles. The normalized spacial score (nSPS) is 16.4. The first kappa shape index (κ1) is 21.2. The van der Waals surface area contributed by atoms with Gasteiger partial charge in [0, 0.05) is 24.2 Å². The molecule has 2 aromatic heterocycles. The van der Waals surface area contributed by atoms with E-state index in [4.69, 9.17) is 20.0 Å². The highest BCUT2D eigenvalue weighted by molar-refractivity contribution is 7.17. The highest BCUT2D eigenvalue weighted by Gasteiger charge is 2.27. The number of carbonyl (C=O) groups is 1. The molecule has 3 aromatic rings. The average Bonchev–Trinajstić information content (AvgIpc) is 3.49. The summed E-state index contributed by atoms with van der Waals surface area (Å²) in [6, 6.07) is 7.03. The number of hydrogen-bond donors (Lipinski definition) is 2. The number of nitrogen functional groups attached to an aromatic ring is 1. The number of anilines is 3. The van der Waals surface area contributed by atoms with Gasteiger partial charge in [-0.05, 0) is 24.3 Å². The predicted molar refractivity (Wildman–Crippen MR) is 126 cm³/mol. The summed E-state index contributed by atoms with van der Waals surface area (Å²) in [4.78, 5) is 34.0. The lowest BCUT2D eigenvalue weighted by atomic mass is 10.2. The summed E-state index contributed by atoms with van der Waals surface area (Å²) in [5, 5.41) is 7.22. The highest BCUT2D eigenvalue weighted by Crippen LogP contribution is 2.34. The molecule has 172 valence electrons. The predicted octanol–water partition coefficient (Wildman–Crippen LogP) is 2.34. The fourth-order valence-electron chi connectivity index (χ4n) is 3.75. The number of hydroxylamine groups is 2. The van der Waals surface area contributed by atoms with Gasteiger partial charge in [-0.2, -0.15) is 4.98 Å². The molecule has 33 heavy (non-hydrogen) atoms. The van der Waals surface area contributed by atoms with E-state index in [-0.39, 0.29) is 5.95 Å². The van der Waals surface area contributed by atoms with E-state index in [9.17, 15) is 4.79 Å². The fourth-order valence-corrected chi connectivity index (χ4v) is 4.66. The largest absolute Gasteiger partial charge is 0.497 e. The Hall–Kier alpha value is -3.64. The number of fused-ring (bicyclic) bond motifs is 1. The summed E-state index contributed by atoms with van der Waals surface area (Å²) in [5.74, 6) is 2.30. The van der Waals surface area contributed by atoms with E-state index in [0.717, 1.165) is 21.6 Å². The monoisotopic (exact) mass is 469 g/mol. The van der Waals surface area contributed by atoms with Gasteiger partial charge in [-0.25, -0.2) is 14.8 Å². The van der Waals surface area contributed by atoms with Crippen molar-refractivity contribution in [3.8, 4) is 5.75 Å². The molecule has 0 bridgehead atoms. The van der Waals surface area contributed by atoms with Gasteiger partial charge in [0.1, 0.15) is 23.0 Å². The maximum absolute atomic E-state index is 12.3. The molecule has 3 N–H and O–H groups in total. The number of ether oxygens (including phenoxy) is 2. The summed E-state index contributed by atoms with van der Waals surface area (Å²) in [6.07, 6.45) is -0.543. The molecule has 2 aliphatic rings. The minimum Gasteiger partial charge on any atom is -0.497 e. The van der Waals surface area contributed by atoms with E-state index < -0.39 is 6.09 Å². The number of aromatic nitrogens is 2. The van der Waals surface area contributed by atoms with Crippen molar-refractivity contribution in [1.82, 2.24) is 15.0 Å². The summed E-state index contributed by atoms with van der Waals surface area (Å²) < 4.78 is 10.8. The van der Waals surface area contributed by atoms with Crippen LogP contribution in [-0.4, -0.2) is 73.5 Å². The Labute approximate surface area is 193 Å². The van der Waals surface area contributed by atoms with Crippen molar-refractivity contribution < 1.29 is 19.1 Å². The highest BCUT2D eigenvalue weighted by atomic mass is 32.1. The minimum atomic E-state index is -0.543. The Bertz CT molecular complexity index is 1190. The Morgan fingerprint density at radius 1 is 1.18 bits per heavy atom. The maximum Gasteiger partial charge on any atom is 0.430 e. The van der Waals surface area contributed by atoms with E-state index in [1.54, 1.807) is 36.4 Å². The second kappa shape index (κ2) is 9.08. The third-order valence-corrected chi connectivity index (χ3v) is 6.21. The van der Waals surface area contributed by atoms with Gasteiger partial charge in [-0.15, -0.1) is 16.4 Å². The first-order chi connectivity index (χ1) is 16.1. The molecule has 2 aliphatic heterocycles. The van der Waals surface area contributed by atoms with Gasteiger partial charge in [-0.1, -0.05) is 0 Å². The van der Waals surface area contributed by atoms with Crippen molar-refractivity contribution in [2.45, 2.75) is 0 Å². The number of aliphatic imine (C=N–C) groups is 1. The zero-order chi connectivity index (χ0) is 22.8. The third kappa shape index (κ3) is 4.47. The number of hydrogen-bond acceptors (Lipinski definition) is 11. The molecular weight excluding hydrogens is 446 g/mol. The molecule has 1 saturated heterocycles. The molecule has 0 unspecified atom stereocenters. The van der Waals surface area contributed by atoms with E-state index in [1.807, 2.05) is 5.38 Å². The minimum absolute atomic E-state index is 0.220. The van der Waals surface area contributed by atoms with Gasteiger partial charge < -0.3 is 24.9 Å². The van der Waals surface area contributed by atoms with Crippen molar-refractivity contribution in [3.63, 3.8) is 0 Å². The molecule has 0 radical (unpaired) electrons. The summed E-state index contributed by atoms with van der Waals surface area (Å²) >= 11 is 1.49. The number of nitrogens with two attached hydrogens (primary N) is 1. The first-order valence-corrected chi connectivity index (χ1v) is 11.3. The smallest absolute Gasteiger partial charge is 0.430 e. The van der Waals surface area contributed by atoms with Gasteiger partial charge >= 0.3 is 6.09 Å². The van der Waals surface area contributed by atoms with Crippen LogP contribution in [0.1, 0.15) is 5.56 Å². The van der Waals surface area contributed by atoms with Crippen LogP contribution < -0.4 is 20.7 Å². The van der Waals surface area contributed by atoms with E-state index in [2.05, 4.69) is 25.2 Å². The topological polar surface area (TPSA) is 127 Å². The molecule has 11 nitrogen and oxygen atoms in total. The summed E-state index contributed by atoms with van der Waals surface area (Å²) in [6.45, 7) is 3.45. The lowest BCUT2D eigenvalue weighted by molar-refractivity contribution is -0.0966. The Morgan fingerprint density at radius 3 is 2.67 bits per heavy atom. The van der Waals surface area contributed by atoms with Crippen molar-refractivity contribution in [2.24, 2.45) is 4.99 Å². The second-order valence-electron chi connectivity index (χ2n) is 7.42. The molecule has 4 heterocycles. The molecule has 0 saturated carbocycles. The first-order valence-electron chi connectivity index (χ1n) is 10.5. The Morgan fingerprint density at radius 2 is 1.97 bits per heavy atom.